The predicted octanol–water partition coefficient (Wildman–Crippen LogP) is 0.671. The second-order valence-electron chi connectivity index (χ2n) is 1.78. The fraction of sp³-hybridized carbons (Fsp3) is 1.00. The van der Waals surface area contributed by atoms with E-state index in [2.05, 4.69) is 6.92 Å². The van der Waals surface area contributed by atoms with Crippen LogP contribution in [0.5, 0.6) is 0 Å². The first-order chi connectivity index (χ1) is 3.41. The van der Waals surface area contributed by atoms with Crippen LogP contribution in [0.15, 0.2) is 0 Å². The summed E-state index contributed by atoms with van der Waals surface area (Å²) in [7, 11) is 0. The summed E-state index contributed by atoms with van der Waals surface area (Å²) in [6.45, 7) is 2.19. The summed E-state index contributed by atoms with van der Waals surface area (Å²) in [5.41, 5.74) is 0. The Morgan fingerprint density at radius 2 is 2.14 bits per heavy atom. The zero-order chi connectivity index (χ0) is 5.54. The van der Waals surface area contributed by atoms with Gasteiger partial charge < -0.3 is 0 Å². The molecule has 0 fully saturated rings. The van der Waals surface area contributed by atoms with Gasteiger partial charge in [-0.2, -0.15) is 0 Å². The summed E-state index contributed by atoms with van der Waals surface area (Å²) >= 11 is -1.10. The molecule has 0 bridgehead atoms. The average Bonchev–Trinajstić information content (AvgIpc) is 1.69. The normalized spacial score (nSPS) is 11.1. The summed E-state index contributed by atoms with van der Waals surface area (Å²) in [5.74, 6) is 0. The van der Waals surface area contributed by atoms with Gasteiger partial charge in [0.05, 0.1) is 0 Å². The molecular formula is C5H14OSn. The van der Waals surface area contributed by atoms with Crippen LogP contribution in [0.25, 0.3) is 0 Å². The molecule has 0 spiro atoms. The molecule has 0 aliphatic rings. The first-order valence-corrected chi connectivity index (χ1v) is 7.68. The van der Waals surface area contributed by atoms with Crippen LogP contribution in [0, 0.1) is 0 Å². The first kappa shape index (κ1) is 7.76. The molecule has 0 atom stereocenters. The minimum atomic E-state index is -1.10. The number of unbranched alkanes of at least 4 members (excludes halogenated alkanes) is 2. The number of hydrogen-bond donors (Lipinski definition) is 1. The summed E-state index contributed by atoms with van der Waals surface area (Å²) in [6.07, 6.45) is 3.88. The molecule has 0 aromatic rings. The molecule has 0 unspecified atom stereocenters. The molecule has 0 radical (unpaired) electrons. The van der Waals surface area contributed by atoms with Crippen molar-refractivity contribution in [2.24, 2.45) is 0 Å². The van der Waals surface area contributed by atoms with Gasteiger partial charge in [-0.25, -0.2) is 0 Å². The first-order valence-electron chi connectivity index (χ1n) is 3.02. The van der Waals surface area contributed by atoms with Gasteiger partial charge in [0.1, 0.15) is 0 Å². The van der Waals surface area contributed by atoms with Crippen LogP contribution in [0.4, 0.5) is 0 Å². The van der Waals surface area contributed by atoms with Gasteiger partial charge in [0.25, 0.3) is 0 Å². The van der Waals surface area contributed by atoms with Crippen LogP contribution >= 0.6 is 0 Å². The van der Waals surface area contributed by atoms with Crippen molar-refractivity contribution in [3.8, 4) is 0 Å². The van der Waals surface area contributed by atoms with Crippen molar-refractivity contribution < 1.29 is 3.44 Å². The molecule has 0 saturated heterocycles. The zero-order valence-corrected chi connectivity index (χ0v) is 9.02. The minimum absolute atomic E-state index is 1.10. The van der Waals surface area contributed by atoms with E-state index >= 15 is 0 Å². The van der Waals surface area contributed by atoms with Gasteiger partial charge in [-0.1, -0.05) is 0 Å². The Labute approximate surface area is 55.9 Å². The number of hydrogen-bond acceptors (Lipinski definition) is 1. The molecule has 0 aliphatic heterocycles. The molecule has 0 heterocycles. The second kappa shape index (κ2) is 6.76. The van der Waals surface area contributed by atoms with Gasteiger partial charge in [-0.3, -0.25) is 0 Å². The van der Waals surface area contributed by atoms with Crippen molar-refractivity contribution in [2.45, 2.75) is 30.6 Å². The Morgan fingerprint density at radius 1 is 1.43 bits per heavy atom. The maximum absolute atomic E-state index is 8.50. The molecule has 0 aliphatic carbocycles. The van der Waals surface area contributed by atoms with Gasteiger partial charge in [0.2, 0.25) is 0 Å². The third-order valence-electron chi connectivity index (χ3n) is 1.01. The van der Waals surface area contributed by atoms with Crippen LogP contribution in [-0.2, 0) is 0 Å². The van der Waals surface area contributed by atoms with Crippen LogP contribution in [0.3, 0.4) is 0 Å². The van der Waals surface area contributed by atoms with E-state index in [1.807, 2.05) is 0 Å². The van der Waals surface area contributed by atoms with Crippen molar-refractivity contribution in [3.05, 3.63) is 0 Å². The number of rotatable bonds is 4. The monoisotopic (exact) mass is 210 g/mol. The van der Waals surface area contributed by atoms with Gasteiger partial charge in [-0.05, 0) is 0 Å². The van der Waals surface area contributed by atoms with Gasteiger partial charge in [0, 0.05) is 0 Å². The molecule has 0 aromatic heterocycles. The Bertz CT molecular complexity index is 27.3. The standard InChI is InChI=1S/C5H11.H2O.Sn.2H/c1-3-5-4-2;;;;/h1,3-5H2,2H3;1H2;;;/q;;+1;;/p-1. The van der Waals surface area contributed by atoms with Crippen molar-refractivity contribution in [1.29, 1.82) is 0 Å². The van der Waals surface area contributed by atoms with E-state index in [0.717, 1.165) is 0 Å². The molecular weight excluding hydrogens is 195 g/mol. The van der Waals surface area contributed by atoms with Crippen LogP contribution in [0.1, 0.15) is 26.2 Å². The molecule has 0 rings (SSSR count). The predicted molar refractivity (Wildman–Crippen MR) is 35.1 cm³/mol. The van der Waals surface area contributed by atoms with Crippen LogP contribution < -0.4 is 0 Å². The van der Waals surface area contributed by atoms with Crippen LogP contribution in [-0.4, -0.2) is 25.0 Å². The van der Waals surface area contributed by atoms with Crippen molar-refractivity contribution >= 4 is 21.6 Å². The summed E-state index contributed by atoms with van der Waals surface area (Å²) in [4.78, 5) is 0. The molecule has 1 nitrogen and oxygen atoms in total. The summed E-state index contributed by atoms with van der Waals surface area (Å²) in [5, 5.41) is 0. The molecule has 44 valence electrons. The van der Waals surface area contributed by atoms with E-state index in [1.54, 1.807) is 0 Å². The van der Waals surface area contributed by atoms with Gasteiger partial charge >= 0.3 is 55.6 Å². The fourth-order valence-corrected chi connectivity index (χ4v) is 2.19. The molecule has 2 heteroatoms. The average molecular weight is 209 g/mol. The Hall–Kier alpha value is 0.759. The van der Waals surface area contributed by atoms with Gasteiger partial charge in [0.15, 0.2) is 0 Å². The SMILES string of the molecule is CCCC[CH2][SnH2][OH]. The van der Waals surface area contributed by atoms with Crippen LogP contribution in [0.2, 0.25) is 4.44 Å². The topological polar surface area (TPSA) is 20.2 Å². The van der Waals surface area contributed by atoms with E-state index in [-0.39, 0.29) is 0 Å². The van der Waals surface area contributed by atoms with E-state index in [0.29, 0.717) is 0 Å². The zero-order valence-electron chi connectivity index (χ0n) is 4.98. The van der Waals surface area contributed by atoms with E-state index in [9.17, 15) is 0 Å². The van der Waals surface area contributed by atoms with E-state index in [4.69, 9.17) is 3.44 Å². The van der Waals surface area contributed by atoms with E-state index < -0.39 is 21.6 Å². The Balaban J connectivity index is 2.45. The summed E-state index contributed by atoms with van der Waals surface area (Å²) in [6, 6.07) is 0. The molecule has 7 heavy (non-hydrogen) atoms. The Kier molecular flexibility index (Phi) is 7.49. The van der Waals surface area contributed by atoms with Crippen molar-refractivity contribution in [2.75, 3.05) is 0 Å². The van der Waals surface area contributed by atoms with E-state index in [1.165, 1.54) is 23.7 Å². The fourth-order valence-electron chi connectivity index (χ4n) is 0.539. The third-order valence-corrected chi connectivity index (χ3v) is 3.34. The van der Waals surface area contributed by atoms with Gasteiger partial charge in [-0.15, -0.1) is 0 Å². The van der Waals surface area contributed by atoms with Crippen molar-refractivity contribution in [3.63, 3.8) is 0 Å². The van der Waals surface area contributed by atoms with Crippen molar-refractivity contribution in [1.82, 2.24) is 0 Å². The quantitative estimate of drug-likeness (QED) is 0.532. The molecule has 0 saturated carbocycles. The third kappa shape index (κ3) is 6.76. The Morgan fingerprint density at radius 3 is 2.57 bits per heavy atom. The molecule has 0 aromatic carbocycles. The second-order valence-corrected chi connectivity index (χ2v) is 5.08. The molecule has 0 amide bonds. The molecule has 1 N–H and O–H groups in total. The summed E-state index contributed by atoms with van der Waals surface area (Å²) < 4.78 is 9.69. The maximum atomic E-state index is 8.50.